The van der Waals surface area contributed by atoms with Gasteiger partial charge in [-0.3, -0.25) is 9.67 Å². The van der Waals surface area contributed by atoms with Crippen LogP contribution in [-0.4, -0.2) is 35.7 Å². The first-order valence-electron chi connectivity index (χ1n) is 15.2. The molecule has 7 nitrogen and oxygen atoms in total. The number of aromatic nitrogens is 5. The molecule has 1 N–H and O–H groups in total. The van der Waals surface area contributed by atoms with Crippen LogP contribution >= 0.6 is 0 Å². The van der Waals surface area contributed by atoms with Gasteiger partial charge in [0.1, 0.15) is 12.1 Å². The number of imidazole rings is 1. The van der Waals surface area contributed by atoms with E-state index in [0.29, 0.717) is 18.4 Å². The zero-order valence-corrected chi connectivity index (χ0v) is 24.3. The van der Waals surface area contributed by atoms with Crippen LogP contribution in [0.2, 0.25) is 0 Å². The molecule has 5 aromatic rings. The van der Waals surface area contributed by atoms with Crippen LogP contribution in [0.5, 0.6) is 0 Å². The fourth-order valence-electron chi connectivity index (χ4n) is 6.72. The fourth-order valence-corrected chi connectivity index (χ4v) is 6.72. The summed E-state index contributed by atoms with van der Waals surface area (Å²) in [5, 5.41) is 16.7. The molecular formula is C35H37N5O2. The van der Waals surface area contributed by atoms with Gasteiger partial charge in [-0.1, -0.05) is 42.5 Å². The van der Waals surface area contributed by atoms with Crippen LogP contribution < -0.4 is 0 Å². The van der Waals surface area contributed by atoms with Crippen LogP contribution in [0.1, 0.15) is 79.1 Å². The highest BCUT2D eigenvalue weighted by Crippen LogP contribution is 2.47. The van der Waals surface area contributed by atoms with E-state index < -0.39 is 6.10 Å². The van der Waals surface area contributed by atoms with Gasteiger partial charge < -0.3 is 14.5 Å². The lowest BCUT2D eigenvalue weighted by Gasteiger charge is -2.25. The SMILES string of the molecule is Cc1nc(C2CCC(C=O)CC2)ccc1-c1nc(-c2cccc3nn(CC(O)c4ccccc4)cc23)c(C2CC2)n1C. The molecule has 214 valence electrons. The van der Waals surface area contributed by atoms with E-state index in [1.54, 1.807) is 0 Å². The second-order valence-electron chi connectivity index (χ2n) is 12.1. The van der Waals surface area contributed by atoms with Crippen LogP contribution in [0.15, 0.2) is 66.9 Å². The van der Waals surface area contributed by atoms with Crippen LogP contribution in [0.25, 0.3) is 33.5 Å². The highest BCUT2D eigenvalue weighted by atomic mass is 16.3. The Labute approximate surface area is 246 Å². The minimum absolute atomic E-state index is 0.207. The van der Waals surface area contributed by atoms with Crippen molar-refractivity contribution < 1.29 is 9.90 Å². The maximum atomic E-state index is 11.2. The minimum Gasteiger partial charge on any atom is -0.386 e. The van der Waals surface area contributed by atoms with Crippen LogP contribution in [0.4, 0.5) is 0 Å². The van der Waals surface area contributed by atoms with E-state index >= 15 is 0 Å². The summed E-state index contributed by atoms with van der Waals surface area (Å²) < 4.78 is 4.12. The molecule has 0 bridgehead atoms. The Hall–Kier alpha value is -4.10. The number of aliphatic hydroxyl groups is 1. The fraction of sp³-hybridized carbons (Fsp3) is 0.371. The van der Waals surface area contributed by atoms with Crippen LogP contribution in [-0.2, 0) is 18.4 Å². The van der Waals surface area contributed by atoms with E-state index in [-0.39, 0.29) is 5.92 Å². The van der Waals surface area contributed by atoms with E-state index in [2.05, 4.69) is 42.8 Å². The lowest BCUT2D eigenvalue weighted by molar-refractivity contribution is -0.111. The number of nitrogens with zero attached hydrogens (tertiary/aromatic N) is 5. The highest BCUT2D eigenvalue weighted by Gasteiger charge is 2.33. The third-order valence-electron chi connectivity index (χ3n) is 9.23. The number of aldehydes is 1. The normalized spacial score (nSPS) is 19.7. The highest BCUT2D eigenvalue weighted by molar-refractivity contribution is 5.94. The van der Waals surface area contributed by atoms with Crippen molar-refractivity contribution in [2.24, 2.45) is 13.0 Å². The summed E-state index contributed by atoms with van der Waals surface area (Å²) in [6, 6.07) is 20.3. The lowest BCUT2D eigenvalue weighted by atomic mass is 9.81. The number of benzene rings is 2. The molecule has 1 atom stereocenters. The Morgan fingerprint density at radius 2 is 1.67 bits per heavy atom. The molecule has 0 aliphatic heterocycles. The molecule has 1 unspecified atom stereocenters. The van der Waals surface area contributed by atoms with Gasteiger partial charge in [-0.2, -0.15) is 5.10 Å². The number of carbonyl (C=O) groups excluding carboxylic acids is 1. The van der Waals surface area contributed by atoms with Crippen molar-refractivity contribution in [1.29, 1.82) is 0 Å². The molecule has 0 saturated heterocycles. The average Bonchev–Trinajstić information content (AvgIpc) is 3.68. The van der Waals surface area contributed by atoms with Gasteiger partial charge in [0, 0.05) is 64.6 Å². The molecule has 3 heterocycles. The summed E-state index contributed by atoms with van der Waals surface area (Å²) in [5.41, 5.74) is 8.32. The van der Waals surface area contributed by atoms with Gasteiger partial charge in [0.15, 0.2) is 0 Å². The molecule has 42 heavy (non-hydrogen) atoms. The Balaban J connectivity index is 1.23. The van der Waals surface area contributed by atoms with Gasteiger partial charge in [0.2, 0.25) is 0 Å². The zero-order chi connectivity index (χ0) is 28.8. The second-order valence-corrected chi connectivity index (χ2v) is 12.1. The Morgan fingerprint density at radius 3 is 2.38 bits per heavy atom. The summed E-state index contributed by atoms with van der Waals surface area (Å²) in [6.45, 7) is 2.47. The number of fused-ring (bicyclic) bond motifs is 1. The van der Waals surface area contributed by atoms with Gasteiger partial charge in [0.05, 0.1) is 23.9 Å². The second kappa shape index (κ2) is 11.0. The summed E-state index contributed by atoms with van der Waals surface area (Å²) in [6.07, 6.45) is 8.83. The van der Waals surface area contributed by atoms with Crippen LogP contribution in [0.3, 0.4) is 0 Å². The number of pyridine rings is 1. The largest absolute Gasteiger partial charge is 0.386 e. The van der Waals surface area contributed by atoms with Gasteiger partial charge in [-0.15, -0.1) is 0 Å². The van der Waals surface area contributed by atoms with Gasteiger partial charge in [-0.05, 0) is 69.2 Å². The summed E-state index contributed by atoms with van der Waals surface area (Å²) >= 11 is 0. The quantitative estimate of drug-likeness (QED) is 0.209. The van der Waals surface area contributed by atoms with Crippen molar-refractivity contribution in [3.63, 3.8) is 0 Å². The third-order valence-corrected chi connectivity index (χ3v) is 9.23. The number of aliphatic hydroxyl groups excluding tert-OH is 1. The van der Waals surface area contributed by atoms with Crippen molar-refractivity contribution in [3.05, 3.63) is 89.5 Å². The van der Waals surface area contributed by atoms with Gasteiger partial charge in [0.25, 0.3) is 0 Å². The molecule has 0 radical (unpaired) electrons. The van der Waals surface area contributed by atoms with Crippen LogP contribution in [0, 0.1) is 12.8 Å². The van der Waals surface area contributed by atoms with Gasteiger partial charge >= 0.3 is 0 Å². The minimum atomic E-state index is -0.633. The third kappa shape index (κ3) is 4.96. The average molecular weight is 560 g/mol. The molecule has 3 aromatic heterocycles. The number of rotatable bonds is 8. The lowest BCUT2D eigenvalue weighted by Crippen LogP contribution is -2.15. The molecule has 0 amide bonds. The summed E-state index contributed by atoms with van der Waals surface area (Å²) in [5.74, 6) is 2.07. The van der Waals surface area contributed by atoms with Gasteiger partial charge in [-0.25, -0.2) is 4.98 Å². The molecule has 0 spiro atoms. The van der Waals surface area contributed by atoms with Crippen molar-refractivity contribution in [2.45, 2.75) is 69.9 Å². The predicted molar refractivity (Wildman–Crippen MR) is 164 cm³/mol. The number of hydrogen-bond acceptors (Lipinski definition) is 5. The molecule has 2 aliphatic carbocycles. The molecular weight excluding hydrogens is 522 g/mol. The maximum Gasteiger partial charge on any atom is 0.142 e. The Morgan fingerprint density at radius 1 is 0.905 bits per heavy atom. The molecule has 2 aromatic carbocycles. The molecule has 7 rings (SSSR count). The Bertz CT molecular complexity index is 1740. The molecule has 2 aliphatic rings. The molecule has 2 saturated carbocycles. The first-order valence-corrected chi connectivity index (χ1v) is 15.2. The van der Waals surface area contributed by atoms with E-state index in [1.165, 1.54) is 18.5 Å². The predicted octanol–water partition coefficient (Wildman–Crippen LogP) is 6.89. The molecule has 2 fully saturated rings. The van der Waals surface area contributed by atoms with Crippen molar-refractivity contribution in [3.8, 4) is 22.6 Å². The maximum absolute atomic E-state index is 11.2. The summed E-state index contributed by atoms with van der Waals surface area (Å²) in [7, 11) is 2.13. The van der Waals surface area contributed by atoms with E-state index in [9.17, 15) is 9.90 Å². The topological polar surface area (TPSA) is 85.8 Å². The van der Waals surface area contributed by atoms with E-state index in [0.717, 1.165) is 82.5 Å². The summed E-state index contributed by atoms with van der Waals surface area (Å²) in [4.78, 5) is 21.6. The van der Waals surface area contributed by atoms with E-state index in [1.807, 2.05) is 47.3 Å². The molecule has 7 heteroatoms. The van der Waals surface area contributed by atoms with Crippen molar-refractivity contribution >= 4 is 17.2 Å². The number of carbonyl (C=O) groups is 1. The smallest absolute Gasteiger partial charge is 0.142 e. The zero-order valence-electron chi connectivity index (χ0n) is 24.3. The van der Waals surface area contributed by atoms with Crippen molar-refractivity contribution in [1.82, 2.24) is 24.3 Å². The standard InChI is InChI=1S/C35H37N5O2/c1-22-27(17-18-30(36-22)24-13-11-23(21-41)12-14-24)35-37-33(34(39(35)2)26-15-16-26)28-9-6-10-31-29(28)19-40(38-31)20-32(42)25-7-4-3-5-8-25/h3-10,17-19,21,23-24,26,32,42H,11-16,20H2,1-2H3. The number of aryl methyl sites for hydroxylation is 1. The first-order chi connectivity index (χ1) is 20.5. The number of hydrogen-bond donors (Lipinski definition) is 1. The van der Waals surface area contributed by atoms with E-state index in [4.69, 9.17) is 15.1 Å². The van der Waals surface area contributed by atoms with Crippen molar-refractivity contribution in [2.75, 3.05) is 0 Å². The Kier molecular flexibility index (Phi) is 6.98. The monoisotopic (exact) mass is 559 g/mol. The first kappa shape index (κ1) is 26.8.